The van der Waals surface area contributed by atoms with Crippen LogP contribution in [0.5, 0.6) is 0 Å². The zero-order valence-corrected chi connectivity index (χ0v) is 18.9. The summed E-state index contributed by atoms with van der Waals surface area (Å²) in [7, 11) is 0. The summed E-state index contributed by atoms with van der Waals surface area (Å²) in [6, 6.07) is 12.1. The van der Waals surface area contributed by atoms with Crippen molar-refractivity contribution >= 4 is 35.3 Å². The van der Waals surface area contributed by atoms with E-state index in [0.29, 0.717) is 50.4 Å². The lowest BCUT2D eigenvalue weighted by Crippen LogP contribution is -2.49. The van der Waals surface area contributed by atoms with E-state index in [0.717, 1.165) is 0 Å². The second kappa shape index (κ2) is 12.2. The van der Waals surface area contributed by atoms with Crippen LogP contribution in [-0.2, 0) is 9.59 Å². The maximum absolute atomic E-state index is 12.4. The average Bonchev–Trinajstić information content (AvgIpc) is 2.86. The molecule has 2 aromatic rings. The Bertz CT molecular complexity index is 1150. The molecule has 1 fully saturated rings. The summed E-state index contributed by atoms with van der Waals surface area (Å²) >= 11 is 0. The van der Waals surface area contributed by atoms with Gasteiger partial charge in [0.15, 0.2) is 0 Å². The van der Waals surface area contributed by atoms with E-state index in [-0.39, 0.29) is 23.2 Å². The van der Waals surface area contributed by atoms with Crippen molar-refractivity contribution in [3.05, 3.63) is 92.0 Å². The van der Waals surface area contributed by atoms with Gasteiger partial charge in [-0.1, -0.05) is 24.3 Å². The lowest BCUT2D eigenvalue weighted by molar-refractivity contribution is -0.385. The fourth-order valence-electron chi connectivity index (χ4n) is 3.52. The molecule has 0 unspecified atom stereocenters. The highest BCUT2D eigenvalue weighted by molar-refractivity contribution is 5.92. The van der Waals surface area contributed by atoms with Crippen molar-refractivity contribution in [3.8, 4) is 0 Å². The number of nitro benzene ring substituents is 2. The normalized spacial score (nSPS) is 14.3. The number of carbonyl (C=O) groups excluding carboxylic acids is 2. The number of non-ortho nitro benzene ring substituents is 2. The smallest absolute Gasteiger partial charge is 0.270 e. The molecule has 0 aliphatic carbocycles. The van der Waals surface area contributed by atoms with Crippen molar-refractivity contribution in [2.24, 2.45) is 0 Å². The highest BCUT2D eigenvalue weighted by Gasteiger charge is 2.19. The quantitative estimate of drug-likeness (QED) is 0.331. The number of hydrogen-bond donors (Lipinski definition) is 1. The van der Waals surface area contributed by atoms with Gasteiger partial charge in [-0.15, -0.1) is 0 Å². The van der Waals surface area contributed by atoms with Crippen molar-refractivity contribution in [1.82, 2.24) is 15.1 Å². The predicted octanol–water partition coefficient (Wildman–Crippen LogP) is 2.49. The molecule has 1 N–H and O–H groups in total. The summed E-state index contributed by atoms with van der Waals surface area (Å²) in [6.07, 6.45) is 5.85. The zero-order chi connectivity index (χ0) is 25.2. The number of carbonyl (C=O) groups is 2. The Kier molecular flexibility index (Phi) is 8.79. The van der Waals surface area contributed by atoms with E-state index in [1.165, 1.54) is 42.5 Å². The van der Waals surface area contributed by atoms with Gasteiger partial charge >= 0.3 is 0 Å². The number of nitro groups is 2. The first-order valence-corrected chi connectivity index (χ1v) is 11.0. The van der Waals surface area contributed by atoms with Crippen LogP contribution >= 0.6 is 0 Å². The van der Waals surface area contributed by atoms with Crippen LogP contribution in [0.4, 0.5) is 11.4 Å². The van der Waals surface area contributed by atoms with Gasteiger partial charge in [-0.3, -0.25) is 34.7 Å². The van der Waals surface area contributed by atoms with Gasteiger partial charge in [0, 0.05) is 75.7 Å². The number of nitrogens with zero attached hydrogens (tertiary/aromatic N) is 4. The second-order valence-corrected chi connectivity index (χ2v) is 7.83. The minimum absolute atomic E-state index is 0.0279. The Morgan fingerprint density at radius 2 is 1.40 bits per heavy atom. The topological polar surface area (TPSA) is 139 Å². The van der Waals surface area contributed by atoms with Gasteiger partial charge in [0.1, 0.15) is 0 Å². The molecule has 182 valence electrons. The van der Waals surface area contributed by atoms with E-state index >= 15 is 0 Å². The average molecular weight is 479 g/mol. The van der Waals surface area contributed by atoms with Crippen LogP contribution in [0.25, 0.3) is 12.2 Å². The van der Waals surface area contributed by atoms with Gasteiger partial charge in [0.25, 0.3) is 11.4 Å². The number of benzene rings is 2. The molecule has 2 aromatic carbocycles. The summed E-state index contributed by atoms with van der Waals surface area (Å²) in [4.78, 5) is 49.0. The van der Waals surface area contributed by atoms with Crippen molar-refractivity contribution in [2.75, 3.05) is 39.3 Å². The fraction of sp³-hybridized carbons (Fsp3) is 0.250. The number of amides is 2. The number of rotatable bonds is 9. The third-order valence-corrected chi connectivity index (χ3v) is 5.42. The van der Waals surface area contributed by atoms with E-state index in [4.69, 9.17) is 0 Å². The molecular weight excluding hydrogens is 454 g/mol. The van der Waals surface area contributed by atoms with Crippen molar-refractivity contribution in [2.45, 2.75) is 0 Å². The molecule has 0 saturated carbocycles. The van der Waals surface area contributed by atoms with Crippen LogP contribution in [-0.4, -0.2) is 70.7 Å². The Labute approximate surface area is 201 Å². The standard InChI is InChI=1S/C24H25N5O6/c30-23(9-7-19-3-1-5-21(17-19)28(32)33)25-11-12-26-13-15-27(16-14-26)24(31)10-8-20-4-2-6-22(18-20)29(34)35/h1-10,17-18H,11-16H2,(H,25,30). The summed E-state index contributed by atoms with van der Waals surface area (Å²) in [6.45, 7) is 3.46. The van der Waals surface area contributed by atoms with Crippen LogP contribution in [0.2, 0.25) is 0 Å². The second-order valence-electron chi connectivity index (χ2n) is 7.83. The summed E-state index contributed by atoms with van der Waals surface area (Å²) < 4.78 is 0. The fourth-order valence-corrected chi connectivity index (χ4v) is 3.52. The molecule has 3 rings (SSSR count). The lowest BCUT2D eigenvalue weighted by Gasteiger charge is -2.34. The Hall–Kier alpha value is -4.38. The van der Waals surface area contributed by atoms with E-state index in [1.54, 1.807) is 35.2 Å². The van der Waals surface area contributed by atoms with Crippen molar-refractivity contribution < 1.29 is 19.4 Å². The van der Waals surface area contributed by atoms with E-state index in [2.05, 4.69) is 10.2 Å². The maximum Gasteiger partial charge on any atom is 0.270 e. The van der Waals surface area contributed by atoms with Crippen LogP contribution in [0, 0.1) is 20.2 Å². The third kappa shape index (κ3) is 7.86. The molecule has 11 nitrogen and oxygen atoms in total. The molecule has 1 aliphatic rings. The first-order valence-electron chi connectivity index (χ1n) is 11.0. The molecule has 11 heteroatoms. The van der Waals surface area contributed by atoms with Crippen LogP contribution < -0.4 is 5.32 Å². The largest absolute Gasteiger partial charge is 0.351 e. The van der Waals surface area contributed by atoms with E-state index in [1.807, 2.05) is 0 Å². The van der Waals surface area contributed by atoms with Crippen LogP contribution in [0.15, 0.2) is 60.7 Å². The van der Waals surface area contributed by atoms with Gasteiger partial charge < -0.3 is 10.2 Å². The summed E-state index contributed by atoms with van der Waals surface area (Å²) in [5, 5.41) is 24.5. The Morgan fingerprint density at radius 1 is 0.857 bits per heavy atom. The third-order valence-electron chi connectivity index (χ3n) is 5.42. The first kappa shape index (κ1) is 25.2. The van der Waals surface area contributed by atoms with Crippen molar-refractivity contribution in [3.63, 3.8) is 0 Å². The van der Waals surface area contributed by atoms with Crippen LogP contribution in [0.1, 0.15) is 11.1 Å². The SMILES string of the molecule is O=C(C=Cc1cccc([N+](=O)[O-])c1)NCCN1CCN(C(=O)C=Cc2cccc([N+](=O)[O-])c2)CC1. The molecule has 0 spiro atoms. The van der Waals surface area contributed by atoms with Gasteiger partial charge in [-0.05, 0) is 23.3 Å². The molecule has 2 amide bonds. The monoisotopic (exact) mass is 479 g/mol. The first-order chi connectivity index (χ1) is 16.8. The predicted molar refractivity (Wildman–Crippen MR) is 130 cm³/mol. The number of hydrogen-bond acceptors (Lipinski definition) is 7. The van der Waals surface area contributed by atoms with Gasteiger partial charge in [-0.25, -0.2) is 0 Å². The minimum Gasteiger partial charge on any atom is -0.351 e. The molecule has 0 aromatic heterocycles. The van der Waals surface area contributed by atoms with Gasteiger partial charge in [0.2, 0.25) is 11.8 Å². The van der Waals surface area contributed by atoms with E-state index in [9.17, 15) is 29.8 Å². The highest BCUT2D eigenvalue weighted by atomic mass is 16.6. The number of nitrogens with one attached hydrogen (secondary N) is 1. The molecule has 1 saturated heterocycles. The summed E-state index contributed by atoms with van der Waals surface area (Å²) in [5.74, 6) is -0.452. The summed E-state index contributed by atoms with van der Waals surface area (Å²) in [5.41, 5.74) is 1.08. The molecule has 1 heterocycles. The van der Waals surface area contributed by atoms with Crippen molar-refractivity contribution in [1.29, 1.82) is 0 Å². The molecule has 35 heavy (non-hydrogen) atoms. The zero-order valence-electron chi connectivity index (χ0n) is 18.9. The Balaban J connectivity index is 1.38. The molecule has 0 atom stereocenters. The Morgan fingerprint density at radius 3 is 1.94 bits per heavy atom. The molecular formula is C24H25N5O6. The molecule has 0 radical (unpaired) electrons. The minimum atomic E-state index is -0.488. The van der Waals surface area contributed by atoms with Crippen LogP contribution in [0.3, 0.4) is 0 Å². The maximum atomic E-state index is 12.4. The molecule has 1 aliphatic heterocycles. The lowest BCUT2D eigenvalue weighted by atomic mass is 10.2. The highest BCUT2D eigenvalue weighted by Crippen LogP contribution is 2.15. The molecule has 0 bridgehead atoms. The number of piperazine rings is 1. The van der Waals surface area contributed by atoms with Gasteiger partial charge in [0.05, 0.1) is 9.85 Å². The van der Waals surface area contributed by atoms with E-state index < -0.39 is 9.85 Å². The van der Waals surface area contributed by atoms with Gasteiger partial charge in [-0.2, -0.15) is 0 Å².